The van der Waals surface area contributed by atoms with Crippen molar-refractivity contribution in [3.63, 3.8) is 0 Å². The third-order valence-corrected chi connectivity index (χ3v) is 9.26. The number of amides is 3. The number of pyridine rings is 2. The maximum Gasteiger partial charge on any atom is 0.255 e. The molecular formula is C39H36Cl2N6O5. The second kappa shape index (κ2) is 16.7. The van der Waals surface area contributed by atoms with Gasteiger partial charge >= 0.3 is 0 Å². The van der Waals surface area contributed by atoms with Crippen molar-refractivity contribution in [2.75, 3.05) is 55.0 Å². The van der Waals surface area contributed by atoms with Crippen LogP contribution in [-0.4, -0.2) is 67.6 Å². The summed E-state index contributed by atoms with van der Waals surface area (Å²) >= 11 is 13.4. The Kier molecular flexibility index (Phi) is 11.6. The number of carbonyl (C=O) groups excluding carboxylic acids is 3. The van der Waals surface area contributed by atoms with Crippen molar-refractivity contribution in [2.45, 2.75) is 13.5 Å². The predicted molar refractivity (Wildman–Crippen MR) is 204 cm³/mol. The third-order valence-electron chi connectivity index (χ3n) is 8.49. The Morgan fingerprint density at radius 2 is 1.75 bits per heavy atom. The molecule has 1 aliphatic heterocycles. The van der Waals surface area contributed by atoms with Gasteiger partial charge in [0.25, 0.3) is 5.91 Å². The van der Waals surface area contributed by atoms with Crippen LogP contribution in [-0.2, 0) is 20.9 Å². The van der Waals surface area contributed by atoms with Crippen molar-refractivity contribution in [3.05, 3.63) is 124 Å². The Balaban J connectivity index is 1.06. The number of ether oxygens (including phenoxy) is 2. The molecule has 0 spiro atoms. The summed E-state index contributed by atoms with van der Waals surface area (Å²) in [6, 6.07) is 21.4. The number of fused-ring (bicyclic) bond motifs is 1. The molecule has 2 N–H and O–H groups in total. The molecule has 0 radical (unpaired) electrons. The van der Waals surface area contributed by atoms with Gasteiger partial charge in [-0.05, 0) is 67.1 Å². The summed E-state index contributed by atoms with van der Waals surface area (Å²) in [5.41, 5.74) is 5.42. The first-order chi connectivity index (χ1) is 25.2. The van der Waals surface area contributed by atoms with Gasteiger partial charge in [-0.1, -0.05) is 47.5 Å². The monoisotopic (exact) mass is 738 g/mol. The molecule has 1 aliphatic rings. The summed E-state index contributed by atoms with van der Waals surface area (Å²) in [6.45, 7) is 4.64. The van der Waals surface area contributed by atoms with Gasteiger partial charge in [0.15, 0.2) is 0 Å². The lowest BCUT2D eigenvalue weighted by atomic mass is 10.1. The fraction of sp³-hybridized carbons (Fsp3) is 0.205. The van der Waals surface area contributed by atoms with Gasteiger partial charge in [-0.2, -0.15) is 0 Å². The van der Waals surface area contributed by atoms with Gasteiger partial charge in [0.2, 0.25) is 11.8 Å². The maximum atomic E-state index is 13.1. The number of nitrogens with zero attached hydrogens (tertiary/aromatic N) is 4. The summed E-state index contributed by atoms with van der Waals surface area (Å²) in [5.74, 6) is -0.520. The number of rotatable bonds is 11. The molecule has 0 unspecified atom stereocenters. The topological polar surface area (TPSA) is 126 Å². The van der Waals surface area contributed by atoms with E-state index in [0.29, 0.717) is 46.5 Å². The number of para-hydroxylation sites is 1. The number of likely N-dealkylation sites (N-methyl/N-ethyl adjacent to an activating group) is 1. The molecule has 2 aromatic heterocycles. The Morgan fingerprint density at radius 1 is 1.00 bits per heavy atom. The summed E-state index contributed by atoms with van der Waals surface area (Å²) < 4.78 is 11.8. The van der Waals surface area contributed by atoms with E-state index >= 15 is 0 Å². The lowest BCUT2D eigenvalue weighted by Gasteiger charge is -2.30. The van der Waals surface area contributed by atoms with Gasteiger partial charge in [-0.3, -0.25) is 19.4 Å². The summed E-state index contributed by atoms with van der Waals surface area (Å²) in [4.78, 5) is 50.4. The van der Waals surface area contributed by atoms with Crippen LogP contribution < -0.4 is 25.2 Å². The molecule has 0 bridgehead atoms. The van der Waals surface area contributed by atoms with Crippen LogP contribution in [0.3, 0.4) is 0 Å². The maximum absolute atomic E-state index is 13.1. The predicted octanol–water partition coefficient (Wildman–Crippen LogP) is 6.71. The number of aromatic nitrogens is 2. The standard InChI is InChI=1S/C39H36Cl2N6O5/c1-25-22-33(47-18-20-51-21-19-47)29-4-3-5-34(38(29)44-25)52-24-30-31(40)11-12-32(37(30)41)46(2)36(49)23-43-35(48)13-8-26-6-9-28(10-7-26)45-39(50)27-14-16-42-17-15-27/h3-17,22H,18-21,23-24H2,1-2H3,(H,43,48)(H,45,50)/b13-8+. The van der Waals surface area contributed by atoms with E-state index in [2.05, 4.69) is 26.6 Å². The number of anilines is 3. The molecule has 52 heavy (non-hydrogen) atoms. The zero-order chi connectivity index (χ0) is 36.6. The highest BCUT2D eigenvalue weighted by Gasteiger charge is 2.21. The van der Waals surface area contributed by atoms with Crippen LogP contribution >= 0.6 is 23.2 Å². The molecule has 3 aromatic carbocycles. The van der Waals surface area contributed by atoms with Crippen LogP contribution in [0.5, 0.6) is 5.75 Å². The van der Waals surface area contributed by atoms with Crippen LogP contribution in [0.1, 0.15) is 27.2 Å². The molecule has 6 rings (SSSR count). The lowest BCUT2D eigenvalue weighted by Crippen LogP contribution is -2.37. The second-order valence-corrected chi connectivity index (χ2v) is 12.8. The molecule has 0 aliphatic carbocycles. The number of halogens is 2. The minimum atomic E-state index is -0.455. The van der Waals surface area contributed by atoms with Gasteiger partial charge in [0.1, 0.15) is 17.9 Å². The Hall–Kier alpha value is -5.49. The van der Waals surface area contributed by atoms with Crippen LogP contribution in [0.4, 0.5) is 17.1 Å². The van der Waals surface area contributed by atoms with Crippen LogP contribution in [0, 0.1) is 6.92 Å². The van der Waals surface area contributed by atoms with E-state index in [1.807, 2.05) is 25.1 Å². The number of nitrogens with one attached hydrogen (secondary N) is 2. The lowest BCUT2D eigenvalue weighted by molar-refractivity contribution is -0.122. The summed E-state index contributed by atoms with van der Waals surface area (Å²) in [7, 11) is 1.57. The van der Waals surface area contributed by atoms with E-state index in [1.165, 1.54) is 11.0 Å². The Labute approximate surface area is 311 Å². The van der Waals surface area contributed by atoms with E-state index in [9.17, 15) is 14.4 Å². The average molecular weight is 740 g/mol. The fourth-order valence-electron chi connectivity index (χ4n) is 5.67. The fourth-order valence-corrected chi connectivity index (χ4v) is 6.27. The number of carbonyl (C=O) groups is 3. The summed E-state index contributed by atoms with van der Waals surface area (Å²) in [6.07, 6.45) is 6.03. The minimum absolute atomic E-state index is 0.0365. The molecule has 1 fully saturated rings. The number of hydrogen-bond donors (Lipinski definition) is 2. The quantitative estimate of drug-likeness (QED) is 0.143. The number of morpholine rings is 1. The smallest absolute Gasteiger partial charge is 0.255 e. The zero-order valence-corrected chi connectivity index (χ0v) is 30.1. The SMILES string of the molecule is Cc1cc(N2CCOCC2)c2cccc(OCc3c(Cl)ccc(N(C)C(=O)CNC(=O)/C=C/c4ccc(NC(=O)c5ccncc5)cc4)c3Cl)c2n1. The van der Waals surface area contributed by atoms with E-state index in [-0.39, 0.29) is 24.1 Å². The number of benzene rings is 3. The number of aryl methyl sites for hydroxylation is 1. The average Bonchev–Trinajstić information content (AvgIpc) is 3.16. The second-order valence-electron chi connectivity index (χ2n) is 12.0. The van der Waals surface area contributed by atoms with E-state index in [4.69, 9.17) is 37.7 Å². The van der Waals surface area contributed by atoms with Gasteiger partial charge in [-0.15, -0.1) is 0 Å². The van der Waals surface area contributed by atoms with Crippen molar-refractivity contribution < 1.29 is 23.9 Å². The highest BCUT2D eigenvalue weighted by atomic mass is 35.5. The normalized spacial score (nSPS) is 12.9. The molecule has 5 aromatic rings. The third kappa shape index (κ3) is 8.68. The zero-order valence-electron chi connectivity index (χ0n) is 28.6. The molecule has 3 heterocycles. The first-order valence-electron chi connectivity index (χ1n) is 16.5. The molecular weight excluding hydrogens is 703 g/mol. The number of hydrogen-bond acceptors (Lipinski definition) is 8. The molecule has 1 saturated heterocycles. The van der Waals surface area contributed by atoms with Crippen molar-refractivity contribution in [1.82, 2.24) is 15.3 Å². The van der Waals surface area contributed by atoms with E-state index < -0.39 is 11.8 Å². The Bertz CT molecular complexity index is 2120. The molecule has 13 heteroatoms. The summed E-state index contributed by atoms with van der Waals surface area (Å²) in [5, 5.41) is 7.03. The van der Waals surface area contributed by atoms with Gasteiger partial charge in [0, 0.05) is 77.2 Å². The van der Waals surface area contributed by atoms with Crippen molar-refractivity contribution in [2.24, 2.45) is 0 Å². The molecule has 0 atom stereocenters. The van der Waals surface area contributed by atoms with E-state index in [1.54, 1.807) is 74.0 Å². The van der Waals surface area contributed by atoms with Crippen molar-refractivity contribution in [1.29, 1.82) is 0 Å². The van der Waals surface area contributed by atoms with Crippen LogP contribution in [0.25, 0.3) is 17.0 Å². The van der Waals surface area contributed by atoms with Gasteiger partial charge in [-0.25, -0.2) is 4.98 Å². The molecule has 0 saturated carbocycles. The Morgan fingerprint density at radius 3 is 2.50 bits per heavy atom. The molecule has 266 valence electrons. The first kappa shape index (κ1) is 36.3. The molecule has 3 amide bonds. The largest absolute Gasteiger partial charge is 0.487 e. The minimum Gasteiger partial charge on any atom is -0.487 e. The molecule has 11 nitrogen and oxygen atoms in total. The van der Waals surface area contributed by atoms with Crippen molar-refractivity contribution >= 4 is 75.0 Å². The highest BCUT2D eigenvalue weighted by molar-refractivity contribution is 6.38. The van der Waals surface area contributed by atoms with Gasteiger partial charge < -0.3 is 29.9 Å². The highest BCUT2D eigenvalue weighted by Crippen LogP contribution is 2.37. The van der Waals surface area contributed by atoms with Crippen LogP contribution in [0.15, 0.2) is 91.3 Å². The van der Waals surface area contributed by atoms with Crippen molar-refractivity contribution in [3.8, 4) is 5.75 Å². The van der Waals surface area contributed by atoms with E-state index in [0.717, 1.165) is 40.9 Å². The van der Waals surface area contributed by atoms with Gasteiger partial charge in [0.05, 0.1) is 30.5 Å². The first-order valence-corrected chi connectivity index (χ1v) is 17.3. The van der Waals surface area contributed by atoms with Crippen LogP contribution in [0.2, 0.25) is 10.0 Å².